The number of hydrogen-bond donors (Lipinski definition) is 4. The normalized spacial score (nSPS) is 26.5. The lowest BCUT2D eigenvalue weighted by Crippen LogP contribution is -2.39. The molecule has 1 amide bonds. The Kier molecular flexibility index (Phi) is 3.51. The molecule has 0 spiro atoms. The number of carbonyl (C=O) groups excluding carboxylic acids is 1. The maximum Gasteiger partial charge on any atom is 0.330 e. The molecule has 0 aromatic carbocycles. The first-order chi connectivity index (χ1) is 8.93. The van der Waals surface area contributed by atoms with Crippen molar-refractivity contribution in [1.29, 1.82) is 0 Å². The van der Waals surface area contributed by atoms with Crippen LogP contribution in [0.1, 0.15) is 23.0 Å². The number of ether oxygens (including phenoxy) is 1. The molecular formula is C10H13N3O6. The van der Waals surface area contributed by atoms with E-state index in [0.29, 0.717) is 0 Å². The van der Waals surface area contributed by atoms with Gasteiger partial charge in [-0.1, -0.05) is 0 Å². The molecule has 0 aliphatic carbocycles. The molecule has 5 N–H and O–H groups in total. The number of rotatable bonds is 3. The van der Waals surface area contributed by atoms with E-state index in [9.17, 15) is 19.5 Å². The van der Waals surface area contributed by atoms with Gasteiger partial charge in [0.25, 0.3) is 11.5 Å². The zero-order valence-corrected chi connectivity index (χ0v) is 9.78. The summed E-state index contributed by atoms with van der Waals surface area (Å²) in [5, 5.41) is 18.7. The topological polar surface area (TPSA) is 148 Å². The summed E-state index contributed by atoms with van der Waals surface area (Å²) in [4.78, 5) is 35.9. The molecule has 1 aliphatic heterocycles. The number of nitrogens with two attached hydrogens (primary N) is 1. The summed E-state index contributed by atoms with van der Waals surface area (Å²) in [5.74, 6) is -0.999. The van der Waals surface area contributed by atoms with Gasteiger partial charge >= 0.3 is 5.69 Å². The van der Waals surface area contributed by atoms with Crippen LogP contribution in [0, 0.1) is 0 Å². The van der Waals surface area contributed by atoms with Gasteiger partial charge in [-0.15, -0.1) is 0 Å². The molecule has 3 atom stereocenters. The van der Waals surface area contributed by atoms with Crippen LogP contribution < -0.4 is 17.0 Å². The van der Waals surface area contributed by atoms with Gasteiger partial charge < -0.3 is 20.7 Å². The summed E-state index contributed by atoms with van der Waals surface area (Å²) in [5.41, 5.74) is 2.85. The Bertz CT molecular complexity index is 606. The third kappa shape index (κ3) is 2.43. The number of aliphatic hydroxyl groups is 2. The van der Waals surface area contributed by atoms with Crippen LogP contribution >= 0.6 is 0 Å². The molecule has 1 aromatic heterocycles. The smallest absolute Gasteiger partial charge is 0.330 e. The molecule has 1 aromatic rings. The molecule has 19 heavy (non-hydrogen) atoms. The third-order valence-electron chi connectivity index (χ3n) is 2.88. The summed E-state index contributed by atoms with van der Waals surface area (Å²) in [7, 11) is 0. The number of amides is 1. The maximum absolute atomic E-state index is 11.6. The van der Waals surface area contributed by atoms with E-state index < -0.39 is 41.2 Å². The second-order valence-electron chi connectivity index (χ2n) is 4.21. The monoisotopic (exact) mass is 271 g/mol. The summed E-state index contributed by atoms with van der Waals surface area (Å²) in [6.45, 7) is -0.311. The lowest BCUT2D eigenvalue weighted by atomic mass is 10.2. The van der Waals surface area contributed by atoms with Gasteiger partial charge in [-0.2, -0.15) is 0 Å². The van der Waals surface area contributed by atoms with Crippen molar-refractivity contribution in [2.24, 2.45) is 5.73 Å². The number of carbonyl (C=O) groups is 1. The van der Waals surface area contributed by atoms with E-state index in [1.165, 1.54) is 0 Å². The van der Waals surface area contributed by atoms with Crippen molar-refractivity contribution >= 4 is 5.91 Å². The molecule has 104 valence electrons. The first kappa shape index (κ1) is 13.5. The van der Waals surface area contributed by atoms with Crippen LogP contribution in [-0.2, 0) is 4.74 Å². The molecule has 0 saturated carbocycles. The van der Waals surface area contributed by atoms with E-state index in [0.717, 1.165) is 10.8 Å². The second kappa shape index (κ2) is 4.96. The molecule has 9 nitrogen and oxygen atoms in total. The van der Waals surface area contributed by atoms with E-state index in [4.69, 9.17) is 15.6 Å². The second-order valence-corrected chi connectivity index (χ2v) is 4.21. The highest BCUT2D eigenvalue weighted by Crippen LogP contribution is 2.27. The molecule has 1 unspecified atom stereocenters. The van der Waals surface area contributed by atoms with E-state index >= 15 is 0 Å². The summed E-state index contributed by atoms with van der Waals surface area (Å²) < 4.78 is 6.13. The van der Waals surface area contributed by atoms with Gasteiger partial charge in [0, 0.05) is 12.6 Å². The molecular weight excluding hydrogens is 258 g/mol. The first-order valence-electron chi connectivity index (χ1n) is 5.53. The number of H-pyrrole nitrogens is 1. The zero-order chi connectivity index (χ0) is 14.2. The standard InChI is InChI=1S/C10H13N3O6/c11-7(16)5-2-13(10(18)12-8(5)17)9-6(15)1-4(3-14)19-9/h2,4,6,9,14-15H,1,3H2,(H2,11,16)(H,12,17,18)/t4-,6?,9+/m0/s1. The van der Waals surface area contributed by atoms with Crippen LogP contribution in [0.2, 0.25) is 0 Å². The number of nitrogens with zero attached hydrogens (tertiary/aromatic N) is 1. The van der Waals surface area contributed by atoms with E-state index in [-0.39, 0.29) is 13.0 Å². The van der Waals surface area contributed by atoms with Crippen molar-refractivity contribution in [1.82, 2.24) is 9.55 Å². The number of aromatic nitrogens is 2. The van der Waals surface area contributed by atoms with Crippen molar-refractivity contribution < 1.29 is 19.7 Å². The Morgan fingerprint density at radius 2 is 2.26 bits per heavy atom. The minimum atomic E-state index is -1.08. The van der Waals surface area contributed by atoms with Gasteiger partial charge in [0.15, 0.2) is 6.23 Å². The number of aliphatic hydroxyl groups excluding tert-OH is 2. The highest BCUT2D eigenvalue weighted by molar-refractivity contribution is 5.91. The van der Waals surface area contributed by atoms with Gasteiger partial charge in [-0.25, -0.2) is 4.79 Å². The average Bonchev–Trinajstić information content (AvgIpc) is 2.70. The molecule has 2 heterocycles. The van der Waals surface area contributed by atoms with Gasteiger partial charge in [-0.3, -0.25) is 19.1 Å². The number of primary amides is 1. The fourth-order valence-corrected chi connectivity index (χ4v) is 1.95. The van der Waals surface area contributed by atoms with Crippen molar-refractivity contribution in [3.8, 4) is 0 Å². The number of hydrogen-bond acceptors (Lipinski definition) is 6. The highest BCUT2D eigenvalue weighted by atomic mass is 16.5. The molecule has 1 saturated heterocycles. The number of aromatic amines is 1. The van der Waals surface area contributed by atoms with Crippen LogP contribution in [0.5, 0.6) is 0 Å². The van der Waals surface area contributed by atoms with Gasteiger partial charge in [0.2, 0.25) is 0 Å². The van der Waals surface area contributed by atoms with E-state index in [1.807, 2.05) is 4.98 Å². The van der Waals surface area contributed by atoms with Crippen LogP contribution in [0.4, 0.5) is 0 Å². The van der Waals surface area contributed by atoms with E-state index in [2.05, 4.69) is 0 Å². The van der Waals surface area contributed by atoms with Gasteiger partial charge in [0.05, 0.1) is 12.7 Å². The quantitative estimate of drug-likeness (QED) is 0.469. The lowest BCUT2D eigenvalue weighted by molar-refractivity contribution is -0.0531. The maximum atomic E-state index is 11.6. The van der Waals surface area contributed by atoms with Crippen LogP contribution in [0.25, 0.3) is 0 Å². The fraction of sp³-hybridized carbons (Fsp3) is 0.500. The SMILES string of the molecule is NC(=O)c1cn([C@@H]2O[C@H](CO)CC2O)c(=O)[nH]c1=O. The minimum Gasteiger partial charge on any atom is -0.394 e. The van der Waals surface area contributed by atoms with Crippen LogP contribution in [0.15, 0.2) is 15.8 Å². The Balaban J connectivity index is 2.46. The predicted octanol–water partition coefficient (Wildman–Crippen LogP) is -2.72. The third-order valence-corrected chi connectivity index (χ3v) is 2.88. The van der Waals surface area contributed by atoms with Crippen molar-refractivity contribution in [2.75, 3.05) is 6.61 Å². The Hall–Kier alpha value is -1.97. The van der Waals surface area contributed by atoms with Gasteiger partial charge in [-0.05, 0) is 0 Å². The Morgan fingerprint density at radius 3 is 2.79 bits per heavy atom. The summed E-state index contributed by atoms with van der Waals surface area (Å²) >= 11 is 0. The molecule has 2 rings (SSSR count). The lowest BCUT2D eigenvalue weighted by Gasteiger charge is -2.17. The minimum absolute atomic E-state index is 0.138. The molecule has 0 radical (unpaired) electrons. The molecule has 1 fully saturated rings. The molecule has 1 aliphatic rings. The van der Waals surface area contributed by atoms with Crippen molar-refractivity contribution in [3.05, 3.63) is 32.6 Å². The summed E-state index contributed by atoms with van der Waals surface area (Å²) in [6, 6.07) is 0. The van der Waals surface area contributed by atoms with E-state index in [1.54, 1.807) is 0 Å². The Morgan fingerprint density at radius 1 is 1.58 bits per heavy atom. The molecule has 9 heteroatoms. The van der Waals surface area contributed by atoms with Crippen LogP contribution in [-0.4, -0.2) is 44.5 Å². The van der Waals surface area contributed by atoms with Crippen LogP contribution in [0.3, 0.4) is 0 Å². The average molecular weight is 271 g/mol. The largest absolute Gasteiger partial charge is 0.394 e. The first-order valence-corrected chi connectivity index (χ1v) is 5.53. The predicted molar refractivity (Wildman–Crippen MR) is 61.5 cm³/mol. The highest BCUT2D eigenvalue weighted by Gasteiger charge is 2.35. The number of nitrogens with one attached hydrogen (secondary N) is 1. The fourth-order valence-electron chi connectivity index (χ4n) is 1.95. The van der Waals surface area contributed by atoms with Crippen molar-refractivity contribution in [2.45, 2.75) is 24.9 Å². The Labute approximate surface area is 106 Å². The zero-order valence-electron chi connectivity index (χ0n) is 9.78. The van der Waals surface area contributed by atoms with Crippen molar-refractivity contribution in [3.63, 3.8) is 0 Å². The van der Waals surface area contributed by atoms with Gasteiger partial charge in [0.1, 0.15) is 11.7 Å². The summed E-state index contributed by atoms with van der Waals surface area (Å²) in [6.07, 6.45) is -1.66. The molecule has 0 bridgehead atoms.